The Kier molecular flexibility index (Phi) is 6.41. The summed E-state index contributed by atoms with van der Waals surface area (Å²) < 4.78 is 8.01. The van der Waals surface area contributed by atoms with Crippen molar-refractivity contribution >= 4 is 33.4 Å². The van der Waals surface area contributed by atoms with E-state index in [1.165, 1.54) is 4.90 Å². The fourth-order valence-corrected chi connectivity index (χ4v) is 4.11. The van der Waals surface area contributed by atoms with Crippen LogP contribution in [0.15, 0.2) is 77.3 Å². The molecule has 1 atom stereocenters. The van der Waals surface area contributed by atoms with Crippen molar-refractivity contribution in [1.82, 2.24) is 14.5 Å². The van der Waals surface area contributed by atoms with Crippen molar-refractivity contribution in [3.8, 4) is 5.75 Å². The standard InChI is InChI=1S/C24H22BrN3O4/c1-32-19-9-5-16(6-10-19)21-20(22(29)17-3-7-18(25)8-4-17)23(30)24(31)28(21)13-2-12-27-14-11-26-15-27/h3-11,14-15,21,29H,2,12-13H2,1H3. The van der Waals surface area contributed by atoms with E-state index in [2.05, 4.69) is 20.9 Å². The minimum atomic E-state index is -0.688. The molecule has 164 valence electrons. The van der Waals surface area contributed by atoms with Gasteiger partial charge in [0.15, 0.2) is 0 Å². The van der Waals surface area contributed by atoms with Gasteiger partial charge in [-0.05, 0) is 36.2 Å². The van der Waals surface area contributed by atoms with E-state index in [-0.39, 0.29) is 11.3 Å². The van der Waals surface area contributed by atoms with Crippen molar-refractivity contribution in [2.75, 3.05) is 13.7 Å². The number of imidazole rings is 1. The van der Waals surface area contributed by atoms with Gasteiger partial charge in [-0.25, -0.2) is 4.98 Å². The smallest absolute Gasteiger partial charge is 0.295 e. The zero-order valence-corrected chi connectivity index (χ0v) is 19.0. The average molecular weight is 496 g/mol. The number of benzene rings is 2. The van der Waals surface area contributed by atoms with Gasteiger partial charge >= 0.3 is 0 Å². The number of methoxy groups -OCH3 is 1. The maximum atomic E-state index is 13.0. The van der Waals surface area contributed by atoms with Crippen molar-refractivity contribution in [2.45, 2.75) is 19.0 Å². The maximum absolute atomic E-state index is 13.0. The number of ether oxygens (including phenoxy) is 1. The quantitative estimate of drug-likeness (QED) is 0.302. The number of aliphatic hydroxyl groups is 1. The highest BCUT2D eigenvalue weighted by Gasteiger charge is 2.45. The van der Waals surface area contributed by atoms with Crippen LogP contribution in [0.5, 0.6) is 5.75 Å². The molecule has 0 aliphatic carbocycles. The van der Waals surface area contributed by atoms with E-state index in [0.717, 1.165) is 10.0 Å². The second-order valence-corrected chi connectivity index (χ2v) is 8.34. The Bertz CT molecular complexity index is 1140. The molecule has 8 heteroatoms. The molecule has 1 fully saturated rings. The number of carbonyl (C=O) groups is 2. The number of hydrogen-bond donors (Lipinski definition) is 1. The Hall–Kier alpha value is -3.39. The minimum Gasteiger partial charge on any atom is -0.507 e. The first-order chi connectivity index (χ1) is 15.5. The van der Waals surface area contributed by atoms with Crippen LogP contribution in [0.2, 0.25) is 0 Å². The summed E-state index contributed by atoms with van der Waals surface area (Å²) in [6.45, 7) is 1.02. The summed E-state index contributed by atoms with van der Waals surface area (Å²) in [4.78, 5) is 31.6. The van der Waals surface area contributed by atoms with Crippen LogP contribution in [-0.4, -0.2) is 44.9 Å². The highest BCUT2D eigenvalue weighted by Crippen LogP contribution is 2.40. The van der Waals surface area contributed by atoms with Gasteiger partial charge in [0.25, 0.3) is 11.7 Å². The number of rotatable bonds is 7. The maximum Gasteiger partial charge on any atom is 0.295 e. The van der Waals surface area contributed by atoms with Gasteiger partial charge < -0.3 is 19.3 Å². The van der Waals surface area contributed by atoms with Crippen LogP contribution in [0, 0.1) is 0 Å². The highest BCUT2D eigenvalue weighted by atomic mass is 79.9. The molecular formula is C24H22BrN3O4. The fourth-order valence-electron chi connectivity index (χ4n) is 3.85. The zero-order chi connectivity index (χ0) is 22.7. The van der Waals surface area contributed by atoms with Gasteiger partial charge in [-0.1, -0.05) is 40.2 Å². The molecule has 1 saturated heterocycles. The molecule has 1 aliphatic heterocycles. The number of Topliss-reactive ketones (excluding diaryl/α,β-unsaturated/α-hetero) is 1. The first kappa shape index (κ1) is 21.8. The van der Waals surface area contributed by atoms with Crippen LogP contribution in [-0.2, 0) is 16.1 Å². The van der Waals surface area contributed by atoms with E-state index < -0.39 is 17.7 Å². The van der Waals surface area contributed by atoms with Crippen molar-refractivity contribution in [1.29, 1.82) is 0 Å². The van der Waals surface area contributed by atoms with Crippen LogP contribution >= 0.6 is 15.9 Å². The molecular weight excluding hydrogens is 474 g/mol. The molecule has 0 spiro atoms. The number of hydrogen-bond acceptors (Lipinski definition) is 5. The monoisotopic (exact) mass is 495 g/mol. The van der Waals surface area contributed by atoms with Crippen molar-refractivity contribution < 1.29 is 19.4 Å². The number of ketones is 1. The summed E-state index contributed by atoms with van der Waals surface area (Å²) in [7, 11) is 1.57. The summed E-state index contributed by atoms with van der Waals surface area (Å²) in [6, 6.07) is 13.5. The van der Waals surface area contributed by atoms with E-state index in [1.807, 2.05) is 22.9 Å². The first-order valence-corrected chi connectivity index (χ1v) is 10.9. The minimum absolute atomic E-state index is 0.0881. The third-order valence-electron chi connectivity index (χ3n) is 5.46. The molecule has 0 bridgehead atoms. The number of aryl methyl sites for hydroxylation is 1. The zero-order valence-electron chi connectivity index (χ0n) is 17.4. The lowest BCUT2D eigenvalue weighted by Gasteiger charge is -2.25. The molecule has 1 amide bonds. The molecule has 0 saturated carbocycles. The highest BCUT2D eigenvalue weighted by molar-refractivity contribution is 9.10. The predicted octanol–water partition coefficient (Wildman–Crippen LogP) is 4.17. The molecule has 1 unspecified atom stereocenters. The lowest BCUT2D eigenvalue weighted by atomic mass is 9.95. The van der Waals surface area contributed by atoms with Gasteiger partial charge in [-0.15, -0.1) is 0 Å². The number of carbonyl (C=O) groups excluding carboxylic acids is 2. The van der Waals surface area contributed by atoms with Crippen LogP contribution in [0.1, 0.15) is 23.6 Å². The van der Waals surface area contributed by atoms with Gasteiger partial charge in [0.2, 0.25) is 0 Å². The molecule has 2 heterocycles. The lowest BCUT2D eigenvalue weighted by molar-refractivity contribution is -0.139. The van der Waals surface area contributed by atoms with Crippen LogP contribution in [0.25, 0.3) is 5.76 Å². The van der Waals surface area contributed by atoms with Crippen LogP contribution < -0.4 is 4.74 Å². The van der Waals surface area contributed by atoms with Crippen LogP contribution in [0.4, 0.5) is 0 Å². The third kappa shape index (κ3) is 4.31. The van der Waals surface area contributed by atoms with E-state index in [1.54, 1.807) is 56.0 Å². The molecule has 1 aromatic heterocycles. The summed E-state index contributed by atoms with van der Waals surface area (Å²) in [6.07, 6.45) is 5.89. The average Bonchev–Trinajstić information content (AvgIpc) is 3.41. The van der Waals surface area contributed by atoms with Crippen molar-refractivity contribution in [3.05, 3.63) is 88.4 Å². The number of aliphatic hydroxyl groups excluding tert-OH is 1. The molecule has 0 radical (unpaired) electrons. The second-order valence-electron chi connectivity index (χ2n) is 7.43. The van der Waals surface area contributed by atoms with Gasteiger partial charge in [0.1, 0.15) is 11.5 Å². The predicted molar refractivity (Wildman–Crippen MR) is 123 cm³/mol. The molecule has 2 aromatic carbocycles. The normalized spacial score (nSPS) is 17.7. The topological polar surface area (TPSA) is 84.7 Å². The number of nitrogens with zero attached hydrogens (tertiary/aromatic N) is 3. The Morgan fingerprint density at radius 3 is 2.44 bits per heavy atom. The lowest BCUT2D eigenvalue weighted by Crippen LogP contribution is -2.31. The molecule has 32 heavy (non-hydrogen) atoms. The fraction of sp³-hybridized carbons (Fsp3) is 0.208. The summed E-state index contributed by atoms with van der Waals surface area (Å²) in [5.74, 6) is -0.823. The van der Waals surface area contributed by atoms with E-state index in [9.17, 15) is 14.7 Å². The Labute approximate surface area is 194 Å². The molecule has 1 N–H and O–H groups in total. The Balaban J connectivity index is 1.72. The molecule has 3 aromatic rings. The van der Waals surface area contributed by atoms with E-state index in [4.69, 9.17) is 4.74 Å². The Morgan fingerprint density at radius 2 is 1.81 bits per heavy atom. The second kappa shape index (κ2) is 9.40. The van der Waals surface area contributed by atoms with Gasteiger partial charge in [-0.2, -0.15) is 0 Å². The van der Waals surface area contributed by atoms with Gasteiger partial charge in [0, 0.05) is 35.5 Å². The first-order valence-electron chi connectivity index (χ1n) is 10.1. The van der Waals surface area contributed by atoms with Crippen LogP contribution in [0.3, 0.4) is 0 Å². The van der Waals surface area contributed by atoms with Crippen molar-refractivity contribution in [2.24, 2.45) is 0 Å². The summed E-state index contributed by atoms with van der Waals surface area (Å²) in [5, 5.41) is 11.1. The number of halogens is 1. The molecule has 1 aliphatic rings. The van der Waals surface area contributed by atoms with E-state index >= 15 is 0 Å². The van der Waals surface area contributed by atoms with Crippen molar-refractivity contribution in [3.63, 3.8) is 0 Å². The SMILES string of the molecule is COc1ccc(C2C(=C(O)c3ccc(Br)cc3)C(=O)C(=O)N2CCCn2ccnc2)cc1. The Morgan fingerprint density at radius 1 is 1.09 bits per heavy atom. The number of likely N-dealkylation sites (tertiary alicyclic amines) is 1. The van der Waals surface area contributed by atoms with Gasteiger partial charge in [-0.3, -0.25) is 9.59 Å². The van der Waals surface area contributed by atoms with Gasteiger partial charge in [0.05, 0.1) is 25.1 Å². The number of amides is 1. The summed E-state index contributed by atoms with van der Waals surface area (Å²) in [5.41, 5.74) is 1.29. The number of aromatic nitrogens is 2. The summed E-state index contributed by atoms with van der Waals surface area (Å²) >= 11 is 3.37. The third-order valence-corrected chi connectivity index (χ3v) is 5.99. The largest absolute Gasteiger partial charge is 0.507 e. The molecule has 4 rings (SSSR count). The molecule has 7 nitrogen and oxygen atoms in total. The van der Waals surface area contributed by atoms with E-state index in [0.29, 0.717) is 30.8 Å².